The Labute approximate surface area is 120 Å². The highest BCUT2D eigenvalue weighted by molar-refractivity contribution is 5.92. The van der Waals surface area contributed by atoms with Crippen molar-refractivity contribution in [3.63, 3.8) is 0 Å². The van der Waals surface area contributed by atoms with E-state index in [0.29, 0.717) is 4.90 Å². The number of nitrogens with zero attached hydrogens (tertiary/aromatic N) is 1. The number of hydrogen-bond acceptors (Lipinski definition) is 2. The van der Waals surface area contributed by atoms with Crippen LogP contribution in [0.5, 0.6) is 0 Å². The molecule has 1 aliphatic rings. The van der Waals surface area contributed by atoms with Gasteiger partial charge in [-0.3, -0.25) is 9.59 Å². The van der Waals surface area contributed by atoms with E-state index >= 15 is 0 Å². The van der Waals surface area contributed by atoms with E-state index in [0.717, 1.165) is 0 Å². The van der Waals surface area contributed by atoms with Gasteiger partial charge in [0, 0.05) is 19.5 Å². The smallest absolute Gasteiger partial charge is 0.352 e. The number of rotatable bonds is 2. The van der Waals surface area contributed by atoms with Gasteiger partial charge in [-0.1, -0.05) is 0 Å². The fourth-order valence-corrected chi connectivity index (χ4v) is 2.28. The highest BCUT2D eigenvalue weighted by Crippen LogP contribution is 2.33. The van der Waals surface area contributed by atoms with Crippen LogP contribution in [0.15, 0.2) is 11.4 Å². The van der Waals surface area contributed by atoms with Gasteiger partial charge in [0.1, 0.15) is 6.04 Å². The lowest BCUT2D eigenvalue weighted by molar-refractivity contribution is -0.196. The zero-order chi connectivity index (χ0) is 16.4. The molecule has 2 amide bonds. The Morgan fingerprint density at radius 3 is 2.14 bits per heavy atom. The van der Waals surface area contributed by atoms with E-state index < -0.39 is 35.9 Å². The zero-order valence-corrected chi connectivity index (χ0v) is 12.1. The minimum atomic E-state index is -4.63. The molecule has 4 nitrogen and oxygen atoms in total. The van der Waals surface area contributed by atoms with E-state index in [1.54, 1.807) is 0 Å². The van der Waals surface area contributed by atoms with Crippen molar-refractivity contribution in [2.75, 3.05) is 6.54 Å². The Kier molecular flexibility index (Phi) is 5.36. The van der Waals surface area contributed by atoms with Crippen LogP contribution in [0.3, 0.4) is 0 Å². The molecule has 120 valence electrons. The van der Waals surface area contributed by atoms with Gasteiger partial charge in [-0.25, -0.2) is 4.39 Å². The Morgan fingerprint density at radius 2 is 1.71 bits per heavy atom. The second kappa shape index (κ2) is 6.44. The van der Waals surface area contributed by atoms with Crippen LogP contribution >= 0.6 is 0 Å². The Morgan fingerprint density at radius 1 is 1.14 bits per heavy atom. The summed E-state index contributed by atoms with van der Waals surface area (Å²) in [5.74, 6) is -2.87. The van der Waals surface area contributed by atoms with Gasteiger partial charge < -0.3 is 10.2 Å². The average Bonchev–Trinajstić information content (AvgIpc) is 2.34. The van der Waals surface area contributed by atoms with Gasteiger partial charge in [0.05, 0.1) is 0 Å². The molecule has 0 aromatic rings. The molecule has 1 saturated heterocycles. The first-order chi connectivity index (χ1) is 9.54. The first-order valence-corrected chi connectivity index (χ1v) is 6.51. The average molecular weight is 310 g/mol. The van der Waals surface area contributed by atoms with Gasteiger partial charge in [0.15, 0.2) is 5.83 Å². The van der Waals surface area contributed by atoms with Crippen molar-refractivity contribution in [2.45, 2.75) is 51.9 Å². The molecule has 21 heavy (non-hydrogen) atoms. The van der Waals surface area contributed by atoms with Crippen LogP contribution in [-0.2, 0) is 9.59 Å². The second-order valence-corrected chi connectivity index (χ2v) is 5.30. The number of nitrogens with one attached hydrogen (secondary N) is 1. The van der Waals surface area contributed by atoms with Crippen molar-refractivity contribution in [2.24, 2.45) is 0 Å². The van der Waals surface area contributed by atoms with E-state index in [4.69, 9.17) is 0 Å². The molecule has 8 heteroatoms. The number of piperidine rings is 1. The van der Waals surface area contributed by atoms with Crippen LogP contribution in [0.2, 0.25) is 0 Å². The first-order valence-electron chi connectivity index (χ1n) is 6.51. The molecule has 1 fully saturated rings. The largest absolute Gasteiger partial charge is 0.408 e. The molecule has 0 saturated carbocycles. The number of halogens is 4. The lowest BCUT2D eigenvalue weighted by atomic mass is 9.97. The summed E-state index contributed by atoms with van der Waals surface area (Å²) >= 11 is 0. The Hall–Kier alpha value is -1.60. The maximum Gasteiger partial charge on any atom is 0.408 e. The fourth-order valence-electron chi connectivity index (χ4n) is 2.28. The summed E-state index contributed by atoms with van der Waals surface area (Å²) in [6, 6.07) is -2.63. The van der Waals surface area contributed by atoms with Gasteiger partial charge in [-0.15, -0.1) is 0 Å². The molecule has 0 aromatic heterocycles. The standard InChI is InChI=1S/C13H18F4N2O2/c1-7(2)11(14)12(21)19-6-9(18-8(3)20)4-5-10(19)13(15,16)17/h9-10H,4-6H2,1-3H3,(H,18,20). The summed E-state index contributed by atoms with van der Waals surface area (Å²) < 4.78 is 52.6. The molecule has 2 unspecified atom stereocenters. The molecule has 2 atom stereocenters. The van der Waals surface area contributed by atoms with E-state index in [1.165, 1.54) is 20.8 Å². The predicted molar refractivity (Wildman–Crippen MR) is 67.9 cm³/mol. The molecule has 0 aliphatic carbocycles. The summed E-state index contributed by atoms with van der Waals surface area (Å²) in [6.07, 6.45) is -4.90. The number of carbonyl (C=O) groups excluding carboxylic acids is 2. The van der Waals surface area contributed by atoms with E-state index in [-0.39, 0.29) is 25.0 Å². The quantitative estimate of drug-likeness (QED) is 0.628. The lowest BCUT2D eigenvalue weighted by Gasteiger charge is -2.40. The third kappa shape index (κ3) is 4.44. The van der Waals surface area contributed by atoms with Crippen molar-refractivity contribution < 1.29 is 27.2 Å². The van der Waals surface area contributed by atoms with Crippen LogP contribution in [0.4, 0.5) is 17.6 Å². The Balaban J connectivity index is 3.02. The van der Waals surface area contributed by atoms with Crippen LogP contribution in [0.25, 0.3) is 0 Å². The number of allylic oxidation sites excluding steroid dienone is 1. The number of alkyl halides is 3. The highest BCUT2D eigenvalue weighted by atomic mass is 19.4. The van der Waals surface area contributed by atoms with Crippen molar-refractivity contribution >= 4 is 11.8 Å². The van der Waals surface area contributed by atoms with Crippen LogP contribution in [0.1, 0.15) is 33.6 Å². The van der Waals surface area contributed by atoms with Crippen LogP contribution < -0.4 is 5.32 Å². The minimum Gasteiger partial charge on any atom is -0.352 e. The fraction of sp³-hybridized carbons (Fsp3) is 0.692. The van der Waals surface area contributed by atoms with Crippen LogP contribution in [-0.4, -0.2) is 41.5 Å². The summed E-state index contributed by atoms with van der Waals surface area (Å²) in [5, 5.41) is 2.47. The second-order valence-electron chi connectivity index (χ2n) is 5.30. The highest BCUT2D eigenvalue weighted by Gasteiger charge is 2.48. The number of likely N-dealkylation sites (tertiary alicyclic amines) is 1. The summed E-state index contributed by atoms with van der Waals surface area (Å²) in [5.41, 5.74) is 0.0163. The van der Waals surface area contributed by atoms with Crippen molar-refractivity contribution in [1.82, 2.24) is 10.2 Å². The van der Waals surface area contributed by atoms with Crippen molar-refractivity contribution in [3.05, 3.63) is 11.4 Å². The zero-order valence-electron chi connectivity index (χ0n) is 12.1. The topological polar surface area (TPSA) is 49.4 Å². The van der Waals surface area contributed by atoms with E-state index in [9.17, 15) is 27.2 Å². The number of hydrogen-bond donors (Lipinski definition) is 1. The molecule has 0 bridgehead atoms. The van der Waals surface area contributed by atoms with Gasteiger partial charge in [0.25, 0.3) is 5.91 Å². The third-order valence-corrected chi connectivity index (χ3v) is 3.25. The molecule has 1 heterocycles. The molecule has 0 radical (unpaired) electrons. The number of amides is 2. The maximum atomic E-state index is 13.7. The third-order valence-electron chi connectivity index (χ3n) is 3.25. The monoisotopic (exact) mass is 310 g/mol. The molecule has 1 N–H and O–H groups in total. The normalized spacial score (nSPS) is 22.7. The molecule has 0 aromatic carbocycles. The SMILES string of the molecule is CC(=O)NC1CCC(C(F)(F)F)N(C(=O)C(F)=C(C)C)C1. The molecule has 0 spiro atoms. The molecule has 1 aliphatic heterocycles. The lowest BCUT2D eigenvalue weighted by Crippen LogP contribution is -2.58. The van der Waals surface area contributed by atoms with Gasteiger partial charge >= 0.3 is 6.18 Å². The van der Waals surface area contributed by atoms with Crippen molar-refractivity contribution in [1.29, 1.82) is 0 Å². The van der Waals surface area contributed by atoms with E-state index in [2.05, 4.69) is 5.32 Å². The summed E-state index contributed by atoms with van der Waals surface area (Å²) in [6.45, 7) is 3.50. The maximum absolute atomic E-state index is 13.7. The van der Waals surface area contributed by atoms with E-state index in [1.807, 2.05) is 0 Å². The van der Waals surface area contributed by atoms with Gasteiger partial charge in [-0.05, 0) is 32.3 Å². The summed E-state index contributed by atoms with van der Waals surface area (Å²) in [4.78, 5) is 23.4. The molecule has 1 rings (SSSR count). The van der Waals surface area contributed by atoms with Gasteiger partial charge in [-0.2, -0.15) is 13.2 Å². The first kappa shape index (κ1) is 17.5. The van der Waals surface area contributed by atoms with Gasteiger partial charge in [0.2, 0.25) is 5.91 Å². The summed E-state index contributed by atoms with van der Waals surface area (Å²) in [7, 11) is 0. The van der Waals surface area contributed by atoms with Crippen LogP contribution in [0, 0.1) is 0 Å². The molecular formula is C13H18F4N2O2. The minimum absolute atomic E-state index is 0.0163. The predicted octanol–water partition coefficient (Wildman–Crippen LogP) is 2.31. The van der Waals surface area contributed by atoms with Crippen molar-refractivity contribution in [3.8, 4) is 0 Å². The molecular weight excluding hydrogens is 292 g/mol. The Bertz CT molecular complexity index is 456. The number of carbonyl (C=O) groups is 2.